The van der Waals surface area contributed by atoms with Gasteiger partial charge in [0, 0.05) is 8.95 Å². The predicted molar refractivity (Wildman–Crippen MR) is 129 cm³/mol. The van der Waals surface area contributed by atoms with Gasteiger partial charge in [0.15, 0.2) is 18.3 Å². The molecule has 0 bridgehead atoms. The molecule has 0 saturated heterocycles. The zero-order chi connectivity index (χ0) is 22.3. The minimum Gasteiger partial charge on any atom is -0.482 e. The number of aryl methyl sites for hydroxylation is 1. The number of hydrazine groups is 1. The first kappa shape index (κ1) is 24.9. The molecule has 0 radical (unpaired) electrons. The summed E-state index contributed by atoms with van der Waals surface area (Å²) in [5, 5.41) is 2.66. The fourth-order valence-corrected chi connectivity index (χ4v) is 4.55. The number of amides is 2. The van der Waals surface area contributed by atoms with Crippen molar-refractivity contribution in [2.75, 3.05) is 13.2 Å². The maximum atomic E-state index is 12.0. The molecule has 0 heterocycles. The number of benzene rings is 2. The second-order valence-electron chi connectivity index (χ2n) is 5.74. The van der Waals surface area contributed by atoms with Crippen LogP contribution in [0.3, 0.4) is 0 Å². The van der Waals surface area contributed by atoms with Crippen molar-refractivity contribution in [3.05, 3.63) is 54.3 Å². The van der Waals surface area contributed by atoms with Crippen molar-refractivity contribution in [2.24, 2.45) is 0 Å². The molecule has 0 saturated carbocycles. The van der Waals surface area contributed by atoms with Gasteiger partial charge in [-0.3, -0.25) is 25.8 Å². The summed E-state index contributed by atoms with van der Waals surface area (Å²) < 4.78 is 13.2. The average molecular weight is 645 g/mol. The Morgan fingerprint density at radius 2 is 1.70 bits per heavy atom. The van der Waals surface area contributed by atoms with Gasteiger partial charge in [0.2, 0.25) is 0 Å². The molecular weight excluding hydrogens is 629 g/mol. The van der Waals surface area contributed by atoms with Crippen molar-refractivity contribution < 1.29 is 19.1 Å². The molecule has 0 aliphatic carbocycles. The van der Waals surface area contributed by atoms with Crippen molar-refractivity contribution in [2.45, 2.75) is 6.92 Å². The van der Waals surface area contributed by atoms with Crippen LogP contribution >= 0.6 is 71.6 Å². The lowest BCUT2D eigenvalue weighted by Crippen LogP contribution is -2.50. The molecule has 12 heteroatoms. The first-order chi connectivity index (χ1) is 14.2. The third-order valence-corrected chi connectivity index (χ3v) is 5.40. The van der Waals surface area contributed by atoms with Crippen LogP contribution in [-0.4, -0.2) is 30.1 Å². The number of carbonyl (C=O) groups excluding carboxylic acids is 2. The Labute approximate surface area is 208 Å². The highest BCUT2D eigenvalue weighted by molar-refractivity contribution is 9.11. The Kier molecular flexibility index (Phi) is 9.82. The maximum absolute atomic E-state index is 12.0. The lowest BCUT2D eigenvalue weighted by molar-refractivity contribution is -0.124. The predicted octanol–water partition coefficient (Wildman–Crippen LogP) is 4.42. The van der Waals surface area contributed by atoms with Gasteiger partial charge in [0.05, 0.1) is 9.50 Å². The Morgan fingerprint density at radius 1 is 1.00 bits per heavy atom. The van der Waals surface area contributed by atoms with Crippen LogP contribution in [0.15, 0.2) is 43.7 Å². The summed E-state index contributed by atoms with van der Waals surface area (Å²) in [4.78, 5) is 23.8. The lowest BCUT2D eigenvalue weighted by Gasteiger charge is -2.13. The van der Waals surface area contributed by atoms with Crippen LogP contribution in [-0.2, 0) is 9.59 Å². The van der Waals surface area contributed by atoms with Gasteiger partial charge in [-0.25, -0.2) is 0 Å². The fourth-order valence-electron chi connectivity index (χ4n) is 2.10. The summed E-state index contributed by atoms with van der Waals surface area (Å²) in [6.07, 6.45) is 0. The standard InChI is InChI=1S/C18H15Br3ClN3O4S/c1-9-4-11(20)5-12(21)17(9)29-7-15(26)23-18(30)25-24-16(27)8-28-14-3-2-10(19)6-13(14)22/h2-6H,7-8H2,1H3,(H,24,27)(H2,23,25,26,30). The van der Waals surface area contributed by atoms with E-state index in [-0.39, 0.29) is 18.3 Å². The Hall–Kier alpha value is -1.40. The smallest absolute Gasteiger partial charge is 0.276 e. The van der Waals surface area contributed by atoms with Crippen molar-refractivity contribution in [1.29, 1.82) is 0 Å². The minimum atomic E-state index is -0.517. The van der Waals surface area contributed by atoms with Gasteiger partial charge >= 0.3 is 0 Å². The summed E-state index contributed by atoms with van der Waals surface area (Å²) in [5.41, 5.74) is 5.57. The highest BCUT2D eigenvalue weighted by Gasteiger charge is 2.12. The summed E-state index contributed by atoms with van der Waals surface area (Å²) >= 11 is 21.0. The summed E-state index contributed by atoms with van der Waals surface area (Å²) in [5.74, 6) is -0.105. The number of nitrogens with one attached hydrogen (secondary N) is 3. The molecule has 30 heavy (non-hydrogen) atoms. The van der Waals surface area contributed by atoms with Crippen LogP contribution in [0.1, 0.15) is 5.56 Å². The number of ether oxygens (including phenoxy) is 2. The van der Waals surface area contributed by atoms with Crippen LogP contribution < -0.4 is 25.6 Å². The van der Waals surface area contributed by atoms with Gasteiger partial charge in [0.1, 0.15) is 11.5 Å². The Balaban J connectivity index is 1.72. The molecule has 2 rings (SSSR count). The van der Waals surface area contributed by atoms with E-state index in [1.165, 1.54) is 0 Å². The summed E-state index contributed by atoms with van der Waals surface area (Å²) in [7, 11) is 0. The Bertz CT molecular complexity index is 955. The van der Waals surface area contributed by atoms with E-state index >= 15 is 0 Å². The van der Waals surface area contributed by atoms with Gasteiger partial charge in [-0.2, -0.15) is 0 Å². The van der Waals surface area contributed by atoms with Crippen LogP contribution in [0.2, 0.25) is 5.02 Å². The van der Waals surface area contributed by atoms with Gasteiger partial charge < -0.3 is 9.47 Å². The van der Waals surface area contributed by atoms with Crippen molar-refractivity contribution >= 4 is 88.5 Å². The van der Waals surface area contributed by atoms with Crippen LogP contribution in [0.5, 0.6) is 11.5 Å². The minimum absolute atomic E-state index is 0.0924. The molecule has 0 spiro atoms. The van der Waals surface area contributed by atoms with Crippen LogP contribution in [0.4, 0.5) is 0 Å². The summed E-state index contributed by atoms with van der Waals surface area (Å²) in [6, 6.07) is 8.69. The molecule has 0 unspecified atom stereocenters. The zero-order valence-electron chi connectivity index (χ0n) is 15.4. The zero-order valence-corrected chi connectivity index (χ0v) is 21.7. The lowest BCUT2D eigenvalue weighted by atomic mass is 10.2. The van der Waals surface area contributed by atoms with Crippen LogP contribution in [0.25, 0.3) is 0 Å². The number of halogens is 4. The van der Waals surface area contributed by atoms with E-state index in [4.69, 9.17) is 33.3 Å². The molecule has 2 amide bonds. The molecule has 0 fully saturated rings. The number of hydrogen-bond acceptors (Lipinski definition) is 5. The van der Waals surface area contributed by atoms with E-state index in [1.54, 1.807) is 18.2 Å². The van der Waals surface area contributed by atoms with Crippen molar-refractivity contribution in [1.82, 2.24) is 16.2 Å². The molecule has 2 aromatic carbocycles. The van der Waals surface area contributed by atoms with E-state index in [1.807, 2.05) is 19.1 Å². The van der Waals surface area contributed by atoms with Gasteiger partial charge in [0.25, 0.3) is 11.8 Å². The number of carbonyl (C=O) groups is 2. The van der Waals surface area contributed by atoms with Crippen molar-refractivity contribution in [3.63, 3.8) is 0 Å². The van der Waals surface area contributed by atoms with Gasteiger partial charge in [-0.05, 0) is 71.0 Å². The van der Waals surface area contributed by atoms with Crippen molar-refractivity contribution in [3.8, 4) is 11.5 Å². The number of rotatable bonds is 6. The third kappa shape index (κ3) is 8.03. The normalized spacial score (nSPS) is 10.2. The highest BCUT2D eigenvalue weighted by atomic mass is 79.9. The molecule has 2 aromatic rings. The van der Waals surface area contributed by atoms with E-state index in [0.29, 0.717) is 21.0 Å². The topological polar surface area (TPSA) is 88.7 Å². The molecule has 0 atom stereocenters. The van der Waals surface area contributed by atoms with Gasteiger partial charge in [-0.1, -0.05) is 43.5 Å². The monoisotopic (exact) mass is 641 g/mol. The molecule has 0 aromatic heterocycles. The van der Waals surface area contributed by atoms with E-state index in [2.05, 4.69) is 64.0 Å². The van der Waals surface area contributed by atoms with Crippen LogP contribution in [0, 0.1) is 6.92 Å². The van der Waals surface area contributed by atoms with E-state index in [9.17, 15) is 9.59 Å². The SMILES string of the molecule is Cc1cc(Br)cc(Br)c1OCC(=O)NC(=S)NNC(=O)COc1ccc(Br)cc1Cl. The quantitative estimate of drug-likeness (QED) is 0.319. The number of hydrogen-bond donors (Lipinski definition) is 3. The molecule has 3 N–H and O–H groups in total. The molecule has 160 valence electrons. The molecule has 7 nitrogen and oxygen atoms in total. The summed E-state index contributed by atoms with van der Waals surface area (Å²) in [6.45, 7) is 1.29. The molecular formula is C18H15Br3ClN3O4S. The first-order valence-electron chi connectivity index (χ1n) is 8.20. The second kappa shape index (κ2) is 11.8. The highest BCUT2D eigenvalue weighted by Crippen LogP contribution is 2.32. The largest absolute Gasteiger partial charge is 0.482 e. The fraction of sp³-hybridized carbons (Fsp3) is 0.167. The van der Waals surface area contributed by atoms with Gasteiger partial charge in [-0.15, -0.1) is 0 Å². The van der Waals surface area contributed by atoms with E-state index in [0.717, 1.165) is 14.5 Å². The van der Waals surface area contributed by atoms with E-state index < -0.39 is 11.8 Å². The average Bonchev–Trinajstić information content (AvgIpc) is 2.64. The third-order valence-electron chi connectivity index (χ3n) is 3.36. The maximum Gasteiger partial charge on any atom is 0.276 e. The Morgan fingerprint density at radius 3 is 2.37 bits per heavy atom. The second-order valence-corrected chi connectivity index (χ2v) is 9.24. The first-order valence-corrected chi connectivity index (χ1v) is 11.4. The molecule has 0 aliphatic rings. The number of thiocarbonyl (C=S) groups is 1. The molecule has 0 aliphatic heterocycles.